The minimum atomic E-state index is -0.0532. The summed E-state index contributed by atoms with van der Waals surface area (Å²) in [5.41, 5.74) is 0. The van der Waals surface area contributed by atoms with E-state index in [4.69, 9.17) is 19.7 Å². The Morgan fingerprint density at radius 2 is 2.00 bits per heavy atom. The van der Waals surface area contributed by atoms with Crippen molar-refractivity contribution in [1.29, 1.82) is 0 Å². The average Bonchev–Trinajstić information content (AvgIpc) is 2.89. The van der Waals surface area contributed by atoms with Crippen LogP contribution in [0.1, 0.15) is 6.92 Å². The van der Waals surface area contributed by atoms with Gasteiger partial charge in [0.15, 0.2) is 11.5 Å². The van der Waals surface area contributed by atoms with Gasteiger partial charge in [0.25, 0.3) is 0 Å². The minimum Gasteiger partial charge on any atom is -0.508 e. The largest absolute Gasteiger partial charge is 0.508 e. The summed E-state index contributed by atoms with van der Waals surface area (Å²) in [5.74, 6) is 0.332. The van der Waals surface area contributed by atoms with Gasteiger partial charge in [-0.3, -0.25) is 0 Å². The van der Waals surface area contributed by atoms with E-state index in [2.05, 4.69) is 6.92 Å². The van der Waals surface area contributed by atoms with Gasteiger partial charge < -0.3 is 19.7 Å². The minimum absolute atomic E-state index is 0.0262. The highest BCUT2D eigenvalue weighted by Crippen LogP contribution is 2.28. The maximum atomic E-state index is 9.01. The number of phenolic OH excluding ortho intramolecular Hbond substituents is 2. The monoisotopic (exact) mass is 198 g/mol. The Morgan fingerprint density at radius 1 is 1.43 bits per heavy atom. The van der Waals surface area contributed by atoms with Gasteiger partial charge in [-0.1, -0.05) is 0 Å². The van der Waals surface area contributed by atoms with Crippen LogP contribution in [0.15, 0.2) is 18.2 Å². The normalized spacial score (nSPS) is 18.0. The summed E-state index contributed by atoms with van der Waals surface area (Å²) >= 11 is 0. The molecule has 1 heterocycles. The molecule has 1 saturated heterocycles. The molecule has 0 saturated carbocycles. The lowest BCUT2D eigenvalue weighted by Crippen LogP contribution is -1.81. The van der Waals surface area contributed by atoms with Crippen LogP contribution in [0.25, 0.3) is 0 Å². The van der Waals surface area contributed by atoms with Crippen molar-refractivity contribution in [3.63, 3.8) is 0 Å². The Morgan fingerprint density at radius 3 is 2.36 bits per heavy atom. The molecule has 2 N–H and O–H groups in total. The van der Waals surface area contributed by atoms with Crippen molar-refractivity contribution in [2.75, 3.05) is 13.7 Å². The number of benzene rings is 1. The van der Waals surface area contributed by atoms with Crippen LogP contribution in [0.3, 0.4) is 0 Å². The molecule has 1 aromatic carbocycles. The molecule has 78 valence electrons. The van der Waals surface area contributed by atoms with Crippen LogP contribution >= 0.6 is 0 Å². The number of aromatic hydroxyl groups is 2. The second-order valence-electron chi connectivity index (χ2n) is 3.00. The van der Waals surface area contributed by atoms with Crippen molar-refractivity contribution in [2.45, 2.75) is 13.0 Å². The van der Waals surface area contributed by atoms with Gasteiger partial charge in [-0.25, -0.2) is 0 Å². The number of methoxy groups -OCH3 is 1. The van der Waals surface area contributed by atoms with E-state index in [0.29, 0.717) is 11.9 Å². The summed E-state index contributed by atoms with van der Waals surface area (Å²) in [5, 5.41) is 17.8. The van der Waals surface area contributed by atoms with Crippen LogP contribution in [0, 0.1) is 0 Å². The lowest BCUT2D eigenvalue weighted by molar-refractivity contribution is 0.369. The van der Waals surface area contributed by atoms with E-state index in [1.807, 2.05) is 0 Å². The molecule has 0 amide bonds. The van der Waals surface area contributed by atoms with Gasteiger partial charge in [0.2, 0.25) is 0 Å². The van der Waals surface area contributed by atoms with Crippen molar-refractivity contribution in [2.24, 2.45) is 0 Å². The number of hydrogen-bond acceptors (Lipinski definition) is 4. The first-order valence-corrected chi connectivity index (χ1v) is 4.31. The number of phenols is 2. The second-order valence-corrected chi connectivity index (χ2v) is 3.00. The lowest BCUT2D eigenvalue weighted by Gasteiger charge is -2.01. The maximum Gasteiger partial charge on any atom is 0.161 e. The van der Waals surface area contributed by atoms with Gasteiger partial charge in [-0.2, -0.15) is 0 Å². The van der Waals surface area contributed by atoms with Crippen molar-refractivity contribution >= 4 is 0 Å². The standard InChI is InChI=1S/C7H8O3.C3H6O/c1-10-7-3-2-5(8)4-6(7)9;1-3-2-4-3/h2-4,8-9H,1H3;3H,2H2,1H3. The predicted molar refractivity (Wildman–Crippen MR) is 51.7 cm³/mol. The van der Waals surface area contributed by atoms with Gasteiger partial charge in [0.05, 0.1) is 19.8 Å². The molecule has 0 radical (unpaired) electrons. The second kappa shape index (κ2) is 4.72. The van der Waals surface area contributed by atoms with E-state index in [1.165, 1.54) is 25.3 Å². The first-order chi connectivity index (χ1) is 6.63. The zero-order valence-electron chi connectivity index (χ0n) is 8.23. The van der Waals surface area contributed by atoms with Crippen molar-refractivity contribution < 1.29 is 19.7 Å². The van der Waals surface area contributed by atoms with Gasteiger partial charge in [0, 0.05) is 6.07 Å². The van der Waals surface area contributed by atoms with Crippen LogP contribution in [0.2, 0.25) is 0 Å². The summed E-state index contributed by atoms with van der Waals surface area (Å²) in [4.78, 5) is 0. The molecule has 0 aliphatic carbocycles. The Kier molecular flexibility index (Phi) is 3.59. The molecule has 1 aliphatic heterocycles. The summed E-state index contributed by atoms with van der Waals surface area (Å²) in [6.45, 7) is 3.04. The van der Waals surface area contributed by atoms with Crippen molar-refractivity contribution in [3.8, 4) is 17.2 Å². The average molecular weight is 198 g/mol. The Hall–Kier alpha value is -1.42. The van der Waals surface area contributed by atoms with E-state index < -0.39 is 0 Å². The third kappa shape index (κ3) is 3.53. The molecular weight excluding hydrogens is 184 g/mol. The molecule has 2 rings (SSSR count). The SMILES string of the molecule is CC1CO1.COc1ccc(O)cc1O. The number of hydrogen-bond donors (Lipinski definition) is 2. The summed E-state index contributed by atoms with van der Waals surface area (Å²) in [6, 6.07) is 4.15. The molecular formula is C10H14O4. The molecule has 1 atom stereocenters. The highest BCUT2D eigenvalue weighted by atomic mass is 16.6. The topological polar surface area (TPSA) is 62.2 Å². The van der Waals surface area contributed by atoms with E-state index in [9.17, 15) is 0 Å². The van der Waals surface area contributed by atoms with Crippen LogP contribution in [-0.2, 0) is 4.74 Å². The third-order valence-electron chi connectivity index (χ3n) is 1.66. The smallest absolute Gasteiger partial charge is 0.161 e. The summed E-state index contributed by atoms with van der Waals surface area (Å²) < 4.78 is 9.45. The summed E-state index contributed by atoms with van der Waals surface area (Å²) in [7, 11) is 1.45. The number of rotatable bonds is 1. The fourth-order valence-corrected chi connectivity index (χ4v) is 0.775. The Balaban J connectivity index is 0.000000203. The molecule has 1 aliphatic rings. The third-order valence-corrected chi connectivity index (χ3v) is 1.66. The van der Waals surface area contributed by atoms with Gasteiger partial charge in [0.1, 0.15) is 5.75 Å². The van der Waals surface area contributed by atoms with Gasteiger partial charge in [-0.15, -0.1) is 0 Å². The number of epoxide rings is 1. The summed E-state index contributed by atoms with van der Waals surface area (Å²) in [6.07, 6.45) is 0.583. The zero-order chi connectivity index (χ0) is 10.6. The van der Waals surface area contributed by atoms with E-state index in [1.54, 1.807) is 0 Å². The molecule has 0 aromatic heterocycles. The zero-order valence-corrected chi connectivity index (χ0v) is 8.23. The fourth-order valence-electron chi connectivity index (χ4n) is 0.775. The molecule has 1 unspecified atom stereocenters. The lowest BCUT2D eigenvalue weighted by atomic mass is 10.3. The highest BCUT2D eigenvalue weighted by molar-refractivity contribution is 5.43. The predicted octanol–water partition coefficient (Wildman–Crippen LogP) is 1.51. The van der Waals surface area contributed by atoms with Crippen LogP contribution in [0.5, 0.6) is 17.2 Å². The molecule has 0 bridgehead atoms. The molecule has 14 heavy (non-hydrogen) atoms. The van der Waals surface area contributed by atoms with Crippen LogP contribution < -0.4 is 4.74 Å². The van der Waals surface area contributed by atoms with Gasteiger partial charge in [-0.05, 0) is 19.1 Å². The molecule has 4 heteroatoms. The maximum absolute atomic E-state index is 9.01. The molecule has 1 fully saturated rings. The highest BCUT2D eigenvalue weighted by Gasteiger charge is 2.13. The Bertz CT molecular complexity index is 294. The first-order valence-electron chi connectivity index (χ1n) is 4.31. The number of ether oxygens (including phenoxy) is 2. The molecule has 1 aromatic rings. The molecule has 0 spiro atoms. The quantitative estimate of drug-likeness (QED) is 0.671. The van der Waals surface area contributed by atoms with E-state index in [-0.39, 0.29) is 11.5 Å². The van der Waals surface area contributed by atoms with E-state index in [0.717, 1.165) is 6.61 Å². The van der Waals surface area contributed by atoms with Crippen LogP contribution in [0.4, 0.5) is 0 Å². The first kappa shape index (κ1) is 10.7. The fraction of sp³-hybridized carbons (Fsp3) is 0.400. The van der Waals surface area contributed by atoms with Crippen molar-refractivity contribution in [1.82, 2.24) is 0 Å². The Labute approximate surface area is 82.7 Å². The van der Waals surface area contributed by atoms with Gasteiger partial charge >= 0.3 is 0 Å². The van der Waals surface area contributed by atoms with E-state index >= 15 is 0 Å². The van der Waals surface area contributed by atoms with Crippen molar-refractivity contribution in [3.05, 3.63) is 18.2 Å². The molecule has 4 nitrogen and oxygen atoms in total. The van der Waals surface area contributed by atoms with Crippen LogP contribution in [-0.4, -0.2) is 30.0 Å².